The summed E-state index contributed by atoms with van der Waals surface area (Å²) in [5.74, 6) is 2.15. The van der Waals surface area contributed by atoms with Gasteiger partial charge in [0.15, 0.2) is 11.5 Å². The fourth-order valence-corrected chi connectivity index (χ4v) is 3.31. The number of benzene rings is 2. The van der Waals surface area contributed by atoms with Crippen molar-refractivity contribution in [3.05, 3.63) is 45.4 Å². The van der Waals surface area contributed by atoms with Gasteiger partial charge in [-0.2, -0.15) is 0 Å². The van der Waals surface area contributed by atoms with Gasteiger partial charge in [-0.3, -0.25) is 0 Å². The minimum Gasteiger partial charge on any atom is -0.454 e. The number of aromatic nitrogens is 2. The first kappa shape index (κ1) is 13.7. The zero-order valence-electron chi connectivity index (χ0n) is 11.3. The van der Waals surface area contributed by atoms with Crippen molar-refractivity contribution < 1.29 is 9.47 Å². The minimum atomic E-state index is 0.261. The second-order valence-corrected chi connectivity index (χ2v) is 6.29. The van der Waals surface area contributed by atoms with Crippen molar-refractivity contribution in [2.75, 3.05) is 12.1 Å². The average molecular weight is 381 g/mol. The molecular formula is C15H11BrClN3O2. The number of nitrogens with one attached hydrogen (secondary N) is 2. The number of hydrogen-bond acceptors (Lipinski definition) is 4. The molecule has 7 heteroatoms. The van der Waals surface area contributed by atoms with Crippen LogP contribution >= 0.6 is 27.5 Å². The number of nitrogens with zero attached hydrogens (tertiary/aromatic N) is 1. The van der Waals surface area contributed by atoms with Gasteiger partial charge in [0.05, 0.1) is 11.0 Å². The Hall–Kier alpha value is -1.92. The summed E-state index contributed by atoms with van der Waals surface area (Å²) in [6.07, 6.45) is 0. The molecule has 2 N–H and O–H groups in total. The van der Waals surface area contributed by atoms with Gasteiger partial charge < -0.3 is 19.8 Å². The Morgan fingerprint density at radius 3 is 2.82 bits per heavy atom. The fourth-order valence-electron chi connectivity index (χ4n) is 2.38. The van der Waals surface area contributed by atoms with Gasteiger partial charge in [-0.1, -0.05) is 27.5 Å². The third kappa shape index (κ3) is 2.60. The van der Waals surface area contributed by atoms with Crippen molar-refractivity contribution in [3.63, 3.8) is 0 Å². The number of H-pyrrole nitrogens is 1. The van der Waals surface area contributed by atoms with Gasteiger partial charge in [-0.25, -0.2) is 4.98 Å². The van der Waals surface area contributed by atoms with E-state index in [2.05, 4.69) is 31.2 Å². The highest BCUT2D eigenvalue weighted by Gasteiger charge is 2.16. The molecule has 0 radical (unpaired) electrons. The van der Waals surface area contributed by atoms with Crippen LogP contribution in [0.25, 0.3) is 11.0 Å². The topological polar surface area (TPSA) is 59.2 Å². The predicted molar refractivity (Wildman–Crippen MR) is 88.7 cm³/mol. The highest BCUT2D eigenvalue weighted by Crippen LogP contribution is 2.35. The monoisotopic (exact) mass is 379 g/mol. The number of anilines is 1. The van der Waals surface area contributed by atoms with Crippen LogP contribution in [-0.4, -0.2) is 16.8 Å². The van der Waals surface area contributed by atoms with Gasteiger partial charge in [-0.05, 0) is 23.8 Å². The molecule has 0 saturated heterocycles. The maximum atomic E-state index is 6.04. The third-order valence-corrected chi connectivity index (χ3v) is 4.03. The highest BCUT2D eigenvalue weighted by atomic mass is 79.9. The third-order valence-electron chi connectivity index (χ3n) is 3.36. The molecule has 1 aromatic heterocycles. The van der Waals surface area contributed by atoms with Crippen LogP contribution < -0.4 is 14.8 Å². The van der Waals surface area contributed by atoms with Crippen LogP contribution in [0, 0.1) is 0 Å². The summed E-state index contributed by atoms with van der Waals surface area (Å²) in [6.45, 7) is 0.877. The number of ether oxygens (including phenoxy) is 2. The first-order valence-corrected chi connectivity index (χ1v) is 7.83. The van der Waals surface area contributed by atoms with Crippen LogP contribution in [0.3, 0.4) is 0 Å². The second kappa shape index (κ2) is 5.37. The van der Waals surface area contributed by atoms with E-state index in [1.54, 1.807) is 0 Å². The standard InChI is InChI=1S/C15H11BrClN3O2/c16-9-1-8(2-10(17)3-9)6-18-15-19-11-4-13-14(22-7-21-13)5-12(11)20-15/h1-5H,6-7H2,(H2,18,19,20). The molecule has 112 valence electrons. The molecule has 0 atom stereocenters. The summed E-state index contributed by atoms with van der Waals surface area (Å²) in [7, 11) is 0. The zero-order chi connectivity index (χ0) is 15.1. The number of hydrogen-bond donors (Lipinski definition) is 2. The van der Waals surface area contributed by atoms with E-state index in [0.29, 0.717) is 17.5 Å². The van der Waals surface area contributed by atoms with Crippen molar-refractivity contribution in [1.82, 2.24) is 9.97 Å². The van der Waals surface area contributed by atoms with Gasteiger partial charge in [-0.15, -0.1) is 0 Å². The molecule has 0 amide bonds. The number of rotatable bonds is 3. The summed E-state index contributed by atoms with van der Waals surface area (Å²) in [5.41, 5.74) is 2.80. The zero-order valence-corrected chi connectivity index (χ0v) is 13.7. The molecule has 0 fully saturated rings. The van der Waals surface area contributed by atoms with E-state index in [0.717, 1.165) is 32.6 Å². The SMILES string of the molecule is Clc1cc(Br)cc(CNc2nc3cc4c(cc3[nH]2)OCO4)c1. The van der Waals surface area contributed by atoms with Gasteiger partial charge in [0.2, 0.25) is 12.7 Å². The Morgan fingerprint density at radius 1 is 1.18 bits per heavy atom. The quantitative estimate of drug-likeness (QED) is 0.710. The highest BCUT2D eigenvalue weighted by molar-refractivity contribution is 9.10. The molecule has 2 heterocycles. The van der Waals surface area contributed by atoms with E-state index in [4.69, 9.17) is 21.1 Å². The van der Waals surface area contributed by atoms with Crippen molar-refractivity contribution in [1.29, 1.82) is 0 Å². The van der Waals surface area contributed by atoms with Crippen molar-refractivity contribution in [3.8, 4) is 11.5 Å². The Labute approximate surface area is 139 Å². The molecule has 0 aliphatic carbocycles. The van der Waals surface area contributed by atoms with E-state index in [1.165, 1.54) is 0 Å². The van der Waals surface area contributed by atoms with Crippen LogP contribution in [0.15, 0.2) is 34.8 Å². The van der Waals surface area contributed by atoms with Crippen LogP contribution in [0.5, 0.6) is 11.5 Å². The molecule has 5 nitrogen and oxygen atoms in total. The molecule has 0 spiro atoms. The summed E-state index contributed by atoms with van der Waals surface area (Å²) >= 11 is 9.48. The molecule has 1 aliphatic heterocycles. The van der Waals surface area contributed by atoms with E-state index < -0.39 is 0 Å². The first-order valence-electron chi connectivity index (χ1n) is 6.65. The molecule has 2 aromatic carbocycles. The molecule has 3 aromatic rings. The van der Waals surface area contributed by atoms with Crippen LogP contribution in [-0.2, 0) is 6.54 Å². The smallest absolute Gasteiger partial charge is 0.231 e. The van der Waals surface area contributed by atoms with Crippen LogP contribution in [0.1, 0.15) is 5.56 Å². The van der Waals surface area contributed by atoms with E-state index in [9.17, 15) is 0 Å². The Morgan fingerprint density at radius 2 is 2.00 bits per heavy atom. The van der Waals surface area contributed by atoms with E-state index >= 15 is 0 Å². The summed E-state index contributed by atoms with van der Waals surface area (Å²) in [6, 6.07) is 9.55. The molecule has 0 saturated carbocycles. The minimum absolute atomic E-state index is 0.261. The Balaban J connectivity index is 1.57. The van der Waals surface area contributed by atoms with E-state index in [-0.39, 0.29) is 6.79 Å². The van der Waals surface area contributed by atoms with Crippen molar-refractivity contribution in [2.45, 2.75) is 6.54 Å². The molecule has 4 rings (SSSR count). The first-order chi connectivity index (χ1) is 10.7. The maximum Gasteiger partial charge on any atom is 0.231 e. The lowest BCUT2D eigenvalue weighted by atomic mass is 10.2. The van der Waals surface area contributed by atoms with Crippen LogP contribution in [0.2, 0.25) is 5.02 Å². The van der Waals surface area contributed by atoms with Gasteiger partial charge in [0.1, 0.15) is 0 Å². The lowest BCUT2D eigenvalue weighted by Gasteiger charge is -2.04. The average Bonchev–Trinajstić information content (AvgIpc) is 3.06. The van der Waals surface area contributed by atoms with Crippen molar-refractivity contribution in [2.24, 2.45) is 0 Å². The van der Waals surface area contributed by atoms with Gasteiger partial charge in [0.25, 0.3) is 0 Å². The summed E-state index contributed by atoms with van der Waals surface area (Å²) < 4.78 is 11.7. The lowest BCUT2D eigenvalue weighted by molar-refractivity contribution is 0.174. The predicted octanol–water partition coefficient (Wildman–Crippen LogP) is 4.32. The lowest BCUT2D eigenvalue weighted by Crippen LogP contribution is -2.00. The number of aromatic amines is 1. The normalized spacial score (nSPS) is 12.8. The summed E-state index contributed by atoms with van der Waals surface area (Å²) in [4.78, 5) is 7.73. The van der Waals surface area contributed by atoms with Gasteiger partial charge >= 0.3 is 0 Å². The molecule has 0 unspecified atom stereocenters. The number of halogens is 2. The Kier molecular flexibility index (Phi) is 3.35. The molecule has 22 heavy (non-hydrogen) atoms. The molecule has 1 aliphatic rings. The number of imidazole rings is 1. The van der Waals surface area contributed by atoms with Crippen LogP contribution in [0.4, 0.5) is 5.95 Å². The Bertz CT molecular complexity index is 804. The van der Waals surface area contributed by atoms with E-state index in [1.807, 2.05) is 30.3 Å². The molecular weight excluding hydrogens is 370 g/mol. The maximum absolute atomic E-state index is 6.04. The summed E-state index contributed by atoms with van der Waals surface area (Å²) in [5, 5.41) is 3.95. The van der Waals surface area contributed by atoms with Gasteiger partial charge in [0, 0.05) is 28.2 Å². The number of fused-ring (bicyclic) bond motifs is 2. The largest absolute Gasteiger partial charge is 0.454 e. The van der Waals surface area contributed by atoms with Crippen molar-refractivity contribution >= 4 is 44.5 Å². The molecule has 0 bridgehead atoms. The fraction of sp³-hybridized carbons (Fsp3) is 0.133. The second-order valence-electron chi connectivity index (χ2n) is 4.94.